The molecule has 1 N–H and O–H groups in total. The molecular weight excluding hydrogens is 404 g/mol. The zero-order valence-corrected chi connectivity index (χ0v) is 16.9. The highest BCUT2D eigenvalue weighted by Gasteiger charge is 2.24. The second kappa shape index (κ2) is 9.04. The van der Waals surface area contributed by atoms with Gasteiger partial charge in [0.15, 0.2) is 17.2 Å². The van der Waals surface area contributed by atoms with Gasteiger partial charge in [0.25, 0.3) is 0 Å². The lowest BCUT2D eigenvalue weighted by atomic mass is 10.1. The first-order chi connectivity index (χ1) is 14.7. The van der Waals surface area contributed by atoms with E-state index in [0.717, 1.165) is 0 Å². The lowest BCUT2D eigenvalue weighted by Gasteiger charge is -2.09. The van der Waals surface area contributed by atoms with Crippen molar-refractivity contribution >= 4 is 41.5 Å². The van der Waals surface area contributed by atoms with E-state index in [-0.39, 0.29) is 29.0 Å². The molecular formula is C22H18N2O7. The SMILES string of the molecule is CC(=O)Nc1ccc(C2=N/C(=C\c3ccc(OC(C)=O)c(OC(C)=O)c3)C(=O)O2)cc1. The summed E-state index contributed by atoms with van der Waals surface area (Å²) in [5, 5.41) is 2.64. The van der Waals surface area contributed by atoms with Gasteiger partial charge < -0.3 is 19.5 Å². The molecule has 0 unspecified atom stereocenters. The molecule has 1 heterocycles. The molecule has 0 atom stereocenters. The van der Waals surface area contributed by atoms with E-state index in [1.807, 2.05) is 0 Å². The number of ether oxygens (including phenoxy) is 3. The minimum Gasteiger partial charge on any atom is -0.423 e. The van der Waals surface area contributed by atoms with Gasteiger partial charge in [-0.3, -0.25) is 14.4 Å². The fraction of sp³-hybridized carbons (Fsp3) is 0.136. The number of carbonyl (C=O) groups is 4. The summed E-state index contributed by atoms with van der Waals surface area (Å²) in [5.41, 5.74) is 1.67. The number of esters is 3. The standard InChI is InChI=1S/C22H18N2O7/c1-12(25)23-17-7-5-16(6-8-17)21-24-18(22(28)31-21)10-15-4-9-19(29-13(2)26)20(11-15)30-14(3)27/h4-11H,1-3H3,(H,23,25)/b18-10-. The van der Waals surface area contributed by atoms with Crippen molar-refractivity contribution in [2.75, 3.05) is 5.32 Å². The lowest BCUT2D eigenvalue weighted by Crippen LogP contribution is -2.07. The van der Waals surface area contributed by atoms with Crippen LogP contribution in [0.3, 0.4) is 0 Å². The Morgan fingerprint density at radius 2 is 1.58 bits per heavy atom. The number of hydrogen-bond donors (Lipinski definition) is 1. The molecule has 0 saturated carbocycles. The smallest absolute Gasteiger partial charge is 0.363 e. The Morgan fingerprint density at radius 3 is 2.19 bits per heavy atom. The summed E-state index contributed by atoms with van der Waals surface area (Å²) in [4.78, 5) is 50.1. The van der Waals surface area contributed by atoms with Gasteiger partial charge in [-0.2, -0.15) is 0 Å². The van der Waals surface area contributed by atoms with Crippen LogP contribution in [0.25, 0.3) is 6.08 Å². The number of cyclic esters (lactones) is 1. The highest BCUT2D eigenvalue weighted by molar-refractivity contribution is 6.13. The van der Waals surface area contributed by atoms with Crippen LogP contribution in [0.2, 0.25) is 0 Å². The molecule has 9 heteroatoms. The van der Waals surface area contributed by atoms with Crippen molar-refractivity contribution in [3.05, 3.63) is 59.3 Å². The molecule has 31 heavy (non-hydrogen) atoms. The number of rotatable bonds is 5. The molecule has 0 bridgehead atoms. The Balaban J connectivity index is 1.88. The van der Waals surface area contributed by atoms with Gasteiger partial charge in [0, 0.05) is 32.0 Å². The number of nitrogens with zero attached hydrogens (tertiary/aromatic N) is 1. The normalized spacial score (nSPS) is 14.0. The molecule has 0 aromatic heterocycles. The van der Waals surface area contributed by atoms with E-state index in [1.54, 1.807) is 30.3 Å². The monoisotopic (exact) mass is 422 g/mol. The quantitative estimate of drug-likeness (QED) is 0.447. The summed E-state index contributed by atoms with van der Waals surface area (Å²) in [7, 11) is 0. The number of carbonyl (C=O) groups excluding carboxylic acids is 4. The molecule has 0 spiro atoms. The Kier molecular flexibility index (Phi) is 6.25. The zero-order valence-electron chi connectivity index (χ0n) is 16.9. The van der Waals surface area contributed by atoms with Crippen molar-refractivity contribution in [3.63, 3.8) is 0 Å². The lowest BCUT2D eigenvalue weighted by molar-refractivity contribution is -0.134. The van der Waals surface area contributed by atoms with Crippen molar-refractivity contribution in [2.45, 2.75) is 20.8 Å². The number of aliphatic imine (C=N–C) groups is 1. The van der Waals surface area contributed by atoms with Gasteiger partial charge in [-0.1, -0.05) is 6.07 Å². The third-order valence-corrected chi connectivity index (χ3v) is 3.85. The molecule has 1 amide bonds. The second-order valence-electron chi connectivity index (χ2n) is 6.49. The van der Waals surface area contributed by atoms with Crippen LogP contribution in [0.1, 0.15) is 31.9 Å². The highest BCUT2D eigenvalue weighted by atomic mass is 16.6. The van der Waals surface area contributed by atoms with Crippen molar-refractivity contribution in [1.82, 2.24) is 0 Å². The van der Waals surface area contributed by atoms with Gasteiger partial charge in [0.1, 0.15) is 0 Å². The van der Waals surface area contributed by atoms with Crippen LogP contribution in [-0.2, 0) is 23.9 Å². The maximum Gasteiger partial charge on any atom is 0.363 e. The predicted molar refractivity (Wildman–Crippen MR) is 110 cm³/mol. The van der Waals surface area contributed by atoms with Gasteiger partial charge in [-0.15, -0.1) is 0 Å². The van der Waals surface area contributed by atoms with Crippen molar-refractivity contribution in [1.29, 1.82) is 0 Å². The Morgan fingerprint density at radius 1 is 0.935 bits per heavy atom. The third-order valence-electron chi connectivity index (χ3n) is 3.85. The van der Waals surface area contributed by atoms with E-state index in [9.17, 15) is 19.2 Å². The molecule has 3 rings (SSSR count). The summed E-state index contributed by atoms with van der Waals surface area (Å²) < 4.78 is 15.3. The van der Waals surface area contributed by atoms with Gasteiger partial charge in [-0.05, 0) is 48.0 Å². The summed E-state index contributed by atoms with van der Waals surface area (Å²) in [6.45, 7) is 3.84. The van der Waals surface area contributed by atoms with Crippen LogP contribution < -0.4 is 14.8 Å². The van der Waals surface area contributed by atoms with Crippen molar-refractivity contribution < 1.29 is 33.4 Å². The zero-order chi connectivity index (χ0) is 22.5. The van der Waals surface area contributed by atoms with Crippen molar-refractivity contribution in [2.24, 2.45) is 4.99 Å². The fourth-order valence-electron chi connectivity index (χ4n) is 2.68. The molecule has 1 aliphatic rings. The predicted octanol–water partition coefficient (Wildman–Crippen LogP) is 2.84. The van der Waals surface area contributed by atoms with Crippen LogP contribution >= 0.6 is 0 Å². The van der Waals surface area contributed by atoms with E-state index in [4.69, 9.17) is 14.2 Å². The van der Waals surface area contributed by atoms with E-state index in [2.05, 4.69) is 10.3 Å². The summed E-state index contributed by atoms with van der Waals surface area (Å²) in [6, 6.07) is 11.1. The number of benzene rings is 2. The Bertz CT molecular complexity index is 1130. The average Bonchev–Trinajstić information content (AvgIpc) is 3.03. The van der Waals surface area contributed by atoms with E-state index < -0.39 is 17.9 Å². The van der Waals surface area contributed by atoms with Crippen LogP contribution in [-0.4, -0.2) is 29.7 Å². The van der Waals surface area contributed by atoms with E-state index in [0.29, 0.717) is 16.8 Å². The van der Waals surface area contributed by atoms with Gasteiger partial charge in [-0.25, -0.2) is 9.79 Å². The first-order valence-electron chi connectivity index (χ1n) is 9.13. The van der Waals surface area contributed by atoms with Gasteiger partial charge in [0.05, 0.1) is 0 Å². The Hall–Kier alpha value is -4.27. The summed E-state index contributed by atoms with van der Waals surface area (Å²) in [5.74, 6) is -1.81. The topological polar surface area (TPSA) is 120 Å². The number of hydrogen-bond acceptors (Lipinski definition) is 8. The molecule has 2 aromatic rings. The third kappa shape index (κ3) is 5.63. The number of nitrogens with one attached hydrogen (secondary N) is 1. The Labute approximate surface area is 177 Å². The van der Waals surface area contributed by atoms with Crippen molar-refractivity contribution in [3.8, 4) is 11.5 Å². The molecule has 1 aliphatic heterocycles. The first-order valence-corrected chi connectivity index (χ1v) is 9.13. The summed E-state index contributed by atoms with van der Waals surface area (Å²) in [6.07, 6.45) is 1.45. The largest absolute Gasteiger partial charge is 0.423 e. The van der Waals surface area contributed by atoms with E-state index in [1.165, 1.54) is 39.0 Å². The van der Waals surface area contributed by atoms with Gasteiger partial charge >= 0.3 is 17.9 Å². The molecule has 0 fully saturated rings. The highest BCUT2D eigenvalue weighted by Crippen LogP contribution is 2.30. The summed E-state index contributed by atoms with van der Waals surface area (Å²) >= 11 is 0. The molecule has 2 aromatic carbocycles. The first kappa shape index (κ1) is 21.4. The molecule has 0 radical (unpaired) electrons. The fourth-order valence-corrected chi connectivity index (χ4v) is 2.68. The second-order valence-corrected chi connectivity index (χ2v) is 6.49. The minimum atomic E-state index is -0.654. The molecule has 158 valence electrons. The van der Waals surface area contributed by atoms with Crippen LogP contribution in [0.15, 0.2) is 53.2 Å². The average molecular weight is 422 g/mol. The van der Waals surface area contributed by atoms with Gasteiger partial charge in [0.2, 0.25) is 11.8 Å². The number of anilines is 1. The van der Waals surface area contributed by atoms with Crippen LogP contribution in [0, 0.1) is 0 Å². The molecule has 9 nitrogen and oxygen atoms in total. The molecule has 0 saturated heterocycles. The molecule has 0 aliphatic carbocycles. The maximum atomic E-state index is 12.2. The maximum absolute atomic E-state index is 12.2. The minimum absolute atomic E-state index is 0.0289. The van der Waals surface area contributed by atoms with E-state index >= 15 is 0 Å². The number of amides is 1. The van der Waals surface area contributed by atoms with Crippen LogP contribution in [0.4, 0.5) is 5.69 Å². The van der Waals surface area contributed by atoms with Crippen LogP contribution in [0.5, 0.6) is 11.5 Å².